The molecule has 3 aromatic carbocycles. The number of aromatic nitrogens is 1. The van der Waals surface area contributed by atoms with Crippen molar-refractivity contribution in [2.75, 3.05) is 0 Å². The van der Waals surface area contributed by atoms with Crippen LogP contribution in [0.1, 0.15) is 16.7 Å². The van der Waals surface area contributed by atoms with Gasteiger partial charge in [0.25, 0.3) is 0 Å². The largest absolute Gasteiger partial charge is 0.489 e. The molecule has 0 bridgehead atoms. The molecule has 0 unspecified atom stereocenters. The number of carbonyl (C=O) groups excluding carboxylic acids is 1. The smallest absolute Gasteiger partial charge is 0.224 e. The summed E-state index contributed by atoms with van der Waals surface area (Å²) >= 11 is 0. The molecule has 0 atom stereocenters. The molecule has 0 fully saturated rings. The van der Waals surface area contributed by atoms with Gasteiger partial charge in [-0.05, 0) is 35.4 Å². The van der Waals surface area contributed by atoms with Crippen molar-refractivity contribution in [1.29, 1.82) is 0 Å². The summed E-state index contributed by atoms with van der Waals surface area (Å²) in [6, 6.07) is 22.1. The van der Waals surface area contributed by atoms with Crippen molar-refractivity contribution >= 4 is 16.8 Å². The van der Waals surface area contributed by atoms with Crippen LogP contribution in [0.4, 0.5) is 4.39 Å². The van der Waals surface area contributed by atoms with Gasteiger partial charge in [0, 0.05) is 36.3 Å². The van der Waals surface area contributed by atoms with Gasteiger partial charge in [-0.25, -0.2) is 4.39 Å². The molecule has 0 aliphatic heterocycles. The van der Waals surface area contributed by atoms with Crippen molar-refractivity contribution in [3.63, 3.8) is 0 Å². The molecular formula is C25H23FN2O2. The zero-order valence-electron chi connectivity index (χ0n) is 16.8. The van der Waals surface area contributed by atoms with Gasteiger partial charge in [0.1, 0.15) is 18.2 Å². The molecule has 0 spiro atoms. The third-order valence-corrected chi connectivity index (χ3v) is 5.07. The number of aryl methyl sites for hydroxylation is 1. The highest BCUT2D eigenvalue weighted by atomic mass is 19.1. The van der Waals surface area contributed by atoms with E-state index in [1.54, 1.807) is 18.2 Å². The molecule has 0 saturated heterocycles. The van der Waals surface area contributed by atoms with Crippen molar-refractivity contribution in [2.45, 2.75) is 19.6 Å². The first-order valence-electron chi connectivity index (χ1n) is 9.85. The number of rotatable bonds is 7. The summed E-state index contributed by atoms with van der Waals surface area (Å²) in [7, 11) is 1.98. The highest BCUT2D eigenvalue weighted by molar-refractivity contribution is 5.89. The summed E-state index contributed by atoms with van der Waals surface area (Å²) in [5, 5.41) is 4.06. The Morgan fingerprint density at radius 3 is 2.67 bits per heavy atom. The van der Waals surface area contributed by atoms with E-state index in [1.807, 2.05) is 66.3 Å². The Kier molecular flexibility index (Phi) is 5.80. The summed E-state index contributed by atoms with van der Waals surface area (Å²) in [5.74, 6) is 0.317. The van der Waals surface area contributed by atoms with E-state index in [9.17, 15) is 9.18 Å². The minimum absolute atomic E-state index is 0.0379. The minimum atomic E-state index is -0.283. The van der Waals surface area contributed by atoms with Crippen LogP contribution < -0.4 is 10.1 Å². The summed E-state index contributed by atoms with van der Waals surface area (Å²) in [6.07, 6.45) is 2.33. The minimum Gasteiger partial charge on any atom is -0.489 e. The molecule has 1 aromatic heterocycles. The molecule has 0 radical (unpaired) electrons. The number of hydrogen-bond donors (Lipinski definition) is 1. The Bertz CT molecular complexity index is 1180. The lowest BCUT2D eigenvalue weighted by molar-refractivity contribution is -0.120. The predicted octanol–water partition coefficient (Wildman–Crippen LogP) is 4.76. The maximum atomic E-state index is 13.7. The Hall–Kier alpha value is -3.60. The van der Waals surface area contributed by atoms with Gasteiger partial charge in [0.05, 0.1) is 6.42 Å². The van der Waals surface area contributed by atoms with Gasteiger partial charge < -0.3 is 14.6 Å². The van der Waals surface area contributed by atoms with Gasteiger partial charge in [-0.15, -0.1) is 0 Å². The van der Waals surface area contributed by atoms with Crippen molar-refractivity contribution < 1.29 is 13.9 Å². The normalized spacial score (nSPS) is 10.9. The third-order valence-electron chi connectivity index (χ3n) is 5.07. The van der Waals surface area contributed by atoms with E-state index >= 15 is 0 Å². The maximum Gasteiger partial charge on any atom is 0.224 e. The Balaban J connectivity index is 1.35. The monoisotopic (exact) mass is 402 g/mol. The number of nitrogens with one attached hydrogen (secondary N) is 1. The van der Waals surface area contributed by atoms with Gasteiger partial charge in [0.2, 0.25) is 5.91 Å². The van der Waals surface area contributed by atoms with E-state index in [-0.39, 0.29) is 18.3 Å². The number of para-hydroxylation sites is 1. The molecule has 1 amide bonds. The third kappa shape index (κ3) is 4.51. The van der Waals surface area contributed by atoms with E-state index in [0.717, 1.165) is 22.0 Å². The Labute approximate surface area is 174 Å². The maximum absolute atomic E-state index is 13.7. The summed E-state index contributed by atoms with van der Waals surface area (Å²) in [5.41, 5.74) is 3.55. The van der Waals surface area contributed by atoms with Crippen LogP contribution in [0.5, 0.6) is 5.75 Å². The van der Waals surface area contributed by atoms with Crippen molar-refractivity contribution in [3.05, 3.63) is 102 Å². The number of benzene rings is 3. The topological polar surface area (TPSA) is 43.3 Å². The van der Waals surface area contributed by atoms with Gasteiger partial charge in [-0.1, -0.05) is 48.5 Å². The number of hydrogen-bond acceptors (Lipinski definition) is 2. The first-order chi connectivity index (χ1) is 14.6. The fraction of sp³-hybridized carbons (Fsp3) is 0.160. The first-order valence-corrected chi connectivity index (χ1v) is 9.85. The van der Waals surface area contributed by atoms with E-state index < -0.39 is 0 Å². The Morgan fingerprint density at radius 1 is 1.00 bits per heavy atom. The van der Waals surface area contributed by atoms with Gasteiger partial charge in [0.15, 0.2) is 0 Å². The summed E-state index contributed by atoms with van der Waals surface area (Å²) in [4.78, 5) is 12.5. The molecule has 0 aliphatic rings. The van der Waals surface area contributed by atoms with Crippen LogP contribution in [-0.4, -0.2) is 10.5 Å². The predicted molar refractivity (Wildman–Crippen MR) is 116 cm³/mol. The Morgan fingerprint density at radius 2 is 1.80 bits per heavy atom. The second-order valence-corrected chi connectivity index (χ2v) is 7.26. The second-order valence-electron chi connectivity index (χ2n) is 7.26. The van der Waals surface area contributed by atoms with Crippen LogP contribution >= 0.6 is 0 Å². The number of carbonyl (C=O) groups is 1. The highest BCUT2D eigenvalue weighted by Crippen LogP contribution is 2.21. The molecule has 1 heterocycles. The number of fused-ring (bicyclic) bond motifs is 1. The molecule has 30 heavy (non-hydrogen) atoms. The van der Waals surface area contributed by atoms with E-state index in [2.05, 4.69) is 5.32 Å². The standard InChI is InChI=1S/C25H23FN2O2/c1-28-16-20(22-10-3-5-12-24(22)28)14-25(29)27-15-18-7-6-9-21(13-18)30-17-19-8-2-4-11-23(19)26/h2-13,16H,14-15,17H2,1H3,(H,27,29). The fourth-order valence-electron chi connectivity index (χ4n) is 3.52. The zero-order valence-corrected chi connectivity index (χ0v) is 16.8. The average molecular weight is 402 g/mol. The molecule has 4 aromatic rings. The van der Waals surface area contributed by atoms with Gasteiger partial charge in [-0.3, -0.25) is 4.79 Å². The lowest BCUT2D eigenvalue weighted by atomic mass is 10.1. The zero-order chi connectivity index (χ0) is 20.9. The van der Waals surface area contributed by atoms with Crippen molar-refractivity contribution in [2.24, 2.45) is 7.05 Å². The second kappa shape index (κ2) is 8.82. The van der Waals surface area contributed by atoms with Gasteiger partial charge in [-0.2, -0.15) is 0 Å². The molecule has 152 valence electrons. The summed E-state index contributed by atoms with van der Waals surface area (Å²) < 4.78 is 21.5. The lowest BCUT2D eigenvalue weighted by Crippen LogP contribution is -2.24. The fourth-order valence-corrected chi connectivity index (χ4v) is 3.52. The van der Waals surface area contributed by atoms with E-state index in [1.165, 1.54) is 6.07 Å². The lowest BCUT2D eigenvalue weighted by Gasteiger charge is -2.10. The molecule has 5 heteroatoms. The molecule has 0 aliphatic carbocycles. The van der Waals surface area contributed by atoms with E-state index in [4.69, 9.17) is 4.74 Å². The molecular weight excluding hydrogens is 379 g/mol. The molecule has 0 saturated carbocycles. The molecule has 4 rings (SSSR count). The van der Waals surface area contributed by atoms with Gasteiger partial charge >= 0.3 is 0 Å². The molecule has 4 nitrogen and oxygen atoms in total. The van der Waals surface area contributed by atoms with E-state index in [0.29, 0.717) is 24.3 Å². The average Bonchev–Trinajstić information content (AvgIpc) is 3.07. The van der Waals surface area contributed by atoms with Crippen LogP contribution in [0.25, 0.3) is 10.9 Å². The van der Waals surface area contributed by atoms with Crippen LogP contribution in [0.2, 0.25) is 0 Å². The first kappa shape index (κ1) is 19.7. The highest BCUT2D eigenvalue weighted by Gasteiger charge is 2.10. The quantitative estimate of drug-likeness (QED) is 0.485. The summed E-state index contributed by atoms with van der Waals surface area (Å²) in [6.45, 7) is 0.560. The molecule has 1 N–H and O–H groups in total. The number of nitrogens with zero attached hydrogens (tertiary/aromatic N) is 1. The number of halogens is 1. The van der Waals surface area contributed by atoms with Crippen molar-refractivity contribution in [1.82, 2.24) is 9.88 Å². The van der Waals surface area contributed by atoms with Crippen LogP contribution in [-0.2, 0) is 31.4 Å². The van der Waals surface area contributed by atoms with Crippen molar-refractivity contribution in [3.8, 4) is 5.75 Å². The van der Waals surface area contributed by atoms with Crippen LogP contribution in [0.15, 0.2) is 79.0 Å². The number of amides is 1. The van der Waals surface area contributed by atoms with Crippen LogP contribution in [0, 0.1) is 5.82 Å². The SMILES string of the molecule is Cn1cc(CC(=O)NCc2cccc(OCc3ccccc3F)c2)c2ccccc21. The number of ether oxygens (including phenoxy) is 1. The van der Waals surface area contributed by atoms with Crippen LogP contribution in [0.3, 0.4) is 0 Å².